The van der Waals surface area contributed by atoms with Crippen LogP contribution in [0, 0.1) is 6.92 Å². The fraction of sp³-hybridized carbons (Fsp3) is 0.412. The summed E-state index contributed by atoms with van der Waals surface area (Å²) in [7, 11) is 1.68. The molecular formula is C17H23N3O3. The second kappa shape index (κ2) is 9.07. The van der Waals surface area contributed by atoms with Crippen LogP contribution in [0.25, 0.3) is 0 Å². The molecule has 0 fully saturated rings. The van der Waals surface area contributed by atoms with Gasteiger partial charge in [-0.15, -0.1) is 0 Å². The summed E-state index contributed by atoms with van der Waals surface area (Å²) in [5.41, 5.74) is 1.22. The van der Waals surface area contributed by atoms with Gasteiger partial charge in [-0.05, 0) is 12.5 Å². The third-order valence-corrected chi connectivity index (χ3v) is 3.41. The van der Waals surface area contributed by atoms with Gasteiger partial charge in [-0.25, -0.2) is 0 Å². The molecule has 6 nitrogen and oxygen atoms in total. The predicted octanol–water partition coefficient (Wildman–Crippen LogP) is 2.46. The number of hydrogen-bond donors (Lipinski definition) is 1. The van der Waals surface area contributed by atoms with Crippen molar-refractivity contribution in [3.8, 4) is 0 Å². The Balaban J connectivity index is 1.83. The number of nitrogens with zero attached hydrogens (tertiary/aromatic N) is 2. The van der Waals surface area contributed by atoms with Gasteiger partial charge in [0.05, 0.1) is 6.61 Å². The first kappa shape index (κ1) is 17.2. The number of hydrogen-bond acceptors (Lipinski definition) is 5. The van der Waals surface area contributed by atoms with E-state index in [1.54, 1.807) is 20.1 Å². The number of aromatic nitrogens is 1. The normalized spacial score (nSPS) is 10.9. The molecule has 23 heavy (non-hydrogen) atoms. The number of anilines is 1. The molecule has 0 radical (unpaired) electrons. The fourth-order valence-electron chi connectivity index (χ4n) is 2.22. The van der Waals surface area contributed by atoms with E-state index in [2.05, 4.69) is 27.5 Å². The molecule has 2 rings (SSSR count). The first-order chi connectivity index (χ1) is 11.2. The van der Waals surface area contributed by atoms with E-state index in [1.165, 1.54) is 5.56 Å². The van der Waals surface area contributed by atoms with Crippen molar-refractivity contribution in [3.63, 3.8) is 0 Å². The number of benzene rings is 1. The van der Waals surface area contributed by atoms with Crippen LogP contribution in [0.3, 0.4) is 0 Å². The SMILES string of the molecule is COCCN(CCC(=O)Nc1cc(C)on1)Cc1ccccc1. The van der Waals surface area contributed by atoms with E-state index in [9.17, 15) is 4.79 Å². The number of carbonyl (C=O) groups is 1. The lowest BCUT2D eigenvalue weighted by molar-refractivity contribution is -0.116. The first-order valence-corrected chi connectivity index (χ1v) is 7.66. The predicted molar refractivity (Wildman–Crippen MR) is 88.1 cm³/mol. The third-order valence-electron chi connectivity index (χ3n) is 3.41. The average Bonchev–Trinajstić information content (AvgIpc) is 2.96. The van der Waals surface area contributed by atoms with Gasteiger partial charge in [0.15, 0.2) is 5.82 Å². The van der Waals surface area contributed by atoms with Gasteiger partial charge < -0.3 is 14.6 Å². The molecule has 1 amide bonds. The largest absolute Gasteiger partial charge is 0.383 e. The van der Waals surface area contributed by atoms with Crippen molar-refractivity contribution in [2.75, 3.05) is 32.1 Å². The van der Waals surface area contributed by atoms with Crippen molar-refractivity contribution in [2.24, 2.45) is 0 Å². The van der Waals surface area contributed by atoms with Crippen LogP contribution < -0.4 is 5.32 Å². The number of rotatable bonds is 9. The van der Waals surface area contributed by atoms with Crippen molar-refractivity contribution in [1.82, 2.24) is 10.1 Å². The number of aryl methyl sites for hydroxylation is 1. The molecule has 0 unspecified atom stereocenters. The van der Waals surface area contributed by atoms with Gasteiger partial charge in [0, 0.05) is 39.2 Å². The Morgan fingerprint density at radius 1 is 1.30 bits per heavy atom. The lowest BCUT2D eigenvalue weighted by atomic mass is 10.2. The van der Waals surface area contributed by atoms with Crippen molar-refractivity contribution >= 4 is 11.7 Å². The van der Waals surface area contributed by atoms with E-state index in [4.69, 9.17) is 9.26 Å². The van der Waals surface area contributed by atoms with E-state index in [-0.39, 0.29) is 5.91 Å². The van der Waals surface area contributed by atoms with Crippen LogP contribution in [0.5, 0.6) is 0 Å². The zero-order valence-corrected chi connectivity index (χ0v) is 13.6. The molecule has 0 aliphatic heterocycles. The summed E-state index contributed by atoms with van der Waals surface area (Å²) in [4.78, 5) is 14.2. The van der Waals surface area contributed by atoms with Gasteiger partial charge in [0.1, 0.15) is 5.76 Å². The van der Waals surface area contributed by atoms with Crippen LogP contribution in [0.2, 0.25) is 0 Å². The van der Waals surface area contributed by atoms with Gasteiger partial charge in [0.25, 0.3) is 0 Å². The highest BCUT2D eigenvalue weighted by atomic mass is 16.5. The summed E-state index contributed by atoms with van der Waals surface area (Å²) in [6.07, 6.45) is 0.391. The molecular weight excluding hydrogens is 294 g/mol. The minimum absolute atomic E-state index is 0.0752. The molecule has 0 aliphatic rings. The molecule has 2 aromatic rings. The number of amides is 1. The monoisotopic (exact) mass is 317 g/mol. The van der Waals surface area contributed by atoms with Crippen molar-refractivity contribution in [2.45, 2.75) is 19.9 Å². The highest BCUT2D eigenvalue weighted by molar-refractivity contribution is 5.89. The fourth-order valence-corrected chi connectivity index (χ4v) is 2.22. The van der Waals surface area contributed by atoms with Gasteiger partial charge in [-0.3, -0.25) is 9.69 Å². The maximum atomic E-state index is 12.0. The molecule has 0 saturated carbocycles. The lowest BCUT2D eigenvalue weighted by Gasteiger charge is -2.21. The second-order valence-corrected chi connectivity index (χ2v) is 5.38. The summed E-state index contributed by atoms with van der Waals surface area (Å²) < 4.78 is 10.1. The summed E-state index contributed by atoms with van der Waals surface area (Å²) in [6, 6.07) is 11.9. The minimum Gasteiger partial charge on any atom is -0.383 e. The van der Waals surface area contributed by atoms with Crippen molar-refractivity contribution in [1.29, 1.82) is 0 Å². The highest BCUT2D eigenvalue weighted by Crippen LogP contribution is 2.08. The molecule has 124 valence electrons. The number of methoxy groups -OCH3 is 1. The molecule has 1 aromatic heterocycles. The van der Waals surface area contributed by atoms with Crippen LogP contribution in [-0.2, 0) is 16.1 Å². The summed E-state index contributed by atoms with van der Waals surface area (Å²) in [5.74, 6) is 1.05. The van der Waals surface area contributed by atoms with E-state index >= 15 is 0 Å². The Morgan fingerprint density at radius 2 is 2.09 bits per heavy atom. The van der Waals surface area contributed by atoms with E-state index in [1.807, 2.05) is 18.2 Å². The molecule has 0 saturated heterocycles. The second-order valence-electron chi connectivity index (χ2n) is 5.38. The Labute approximate surface area is 136 Å². The standard InChI is InChI=1S/C17H23N3O3/c1-14-12-16(19-23-14)18-17(21)8-9-20(10-11-22-2)13-15-6-4-3-5-7-15/h3-7,12H,8-11,13H2,1-2H3,(H,18,19,21). The Bertz CT molecular complexity index is 598. The van der Waals surface area contributed by atoms with E-state index in [0.717, 1.165) is 13.1 Å². The summed E-state index contributed by atoms with van der Waals surface area (Å²) in [5, 5.41) is 6.50. The van der Waals surface area contributed by atoms with Crippen LogP contribution in [0.4, 0.5) is 5.82 Å². The average molecular weight is 317 g/mol. The van der Waals surface area contributed by atoms with Gasteiger partial charge in [0.2, 0.25) is 5.91 Å². The van der Waals surface area contributed by atoms with Crippen molar-refractivity contribution in [3.05, 3.63) is 47.7 Å². The molecule has 0 spiro atoms. The van der Waals surface area contributed by atoms with Crippen LogP contribution in [0.15, 0.2) is 40.9 Å². The highest BCUT2D eigenvalue weighted by Gasteiger charge is 2.11. The molecule has 0 atom stereocenters. The zero-order chi connectivity index (χ0) is 16.5. The summed E-state index contributed by atoms with van der Waals surface area (Å²) >= 11 is 0. The molecule has 0 aliphatic carbocycles. The summed E-state index contributed by atoms with van der Waals surface area (Å²) in [6.45, 7) is 4.65. The lowest BCUT2D eigenvalue weighted by Crippen LogP contribution is -2.30. The first-order valence-electron chi connectivity index (χ1n) is 7.66. The molecule has 1 aromatic carbocycles. The van der Waals surface area contributed by atoms with E-state index in [0.29, 0.717) is 31.2 Å². The molecule has 1 heterocycles. The molecule has 0 bridgehead atoms. The van der Waals surface area contributed by atoms with Crippen LogP contribution >= 0.6 is 0 Å². The maximum Gasteiger partial charge on any atom is 0.226 e. The Morgan fingerprint density at radius 3 is 2.74 bits per heavy atom. The zero-order valence-electron chi connectivity index (χ0n) is 13.6. The minimum atomic E-state index is -0.0752. The van der Waals surface area contributed by atoms with E-state index < -0.39 is 0 Å². The maximum absolute atomic E-state index is 12.0. The van der Waals surface area contributed by atoms with Gasteiger partial charge in [-0.2, -0.15) is 0 Å². The van der Waals surface area contributed by atoms with Crippen LogP contribution in [0.1, 0.15) is 17.7 Å². The topological polar surface area (TPSA) is 67.6 Å². The Hall–Kier alpha value is -2.18. The number of carbonyl (C=O) groups excluding carboxylic acids is 1. The third kappa shape index (κ3) is 6.22. The van der Waals surface area contributed by atoms with Gasteiger partial charge in [-0.1, -0.05) is 35.5 Å². The quantitative estimate of drug-likeness (QED) is 0.769. The molecule has 6 heteroatoms. The Kier molecular flexibility index (Phi) is 6.77. The smallest absolute Gasteiger partial charge is 0.226 e. The van der Waals surface area contributed by atoms with Crippen LogP contribution in [-0.4, -0.2) is 42.8 Å². The molecule has 1 N–H and O–H groups in total. The number of nitrogens with one attached hydrogen (secondary N) is 1. The number of ether oxygens (including phenoxy) is 1. The van der Waals surface area contributed by atoms with Gasteiger partial charge >= 0.3 is 0 Å². The van der Waals surface area contributed by atoms with Crippen molar-refractivity contribution < 1.29 is 14.1 Å².